The maximum atomic E-state index is 5.22. The van der Waals surface area contributed by atoms with Crippen molar-refractivity contribution in [2.75, 3.05) is 0 Å². The summed E-state index contributed by atoms with van der Waals surface area (Å²) in [4.78, 5) is 30.9. The lowest BCUT2D eigenvalue weighted by Gasteiger charge is -2.12. The molecule has 0 radical (unpaired) electrons. The summed E-state index contributed by atoms with van der Waals surface area (Å²) in [5, 5.41) is 4.02. The number of hydrogen-bond donors (Lipinski definition) is 0. The first-order valence-corrected chi connectivity index (χ1v) is 13.5. The largest absolute Gasteiger partial charge is 0.291 e. The average Bonchev–Trinajstić information content (AvgIpc) is 3.72. The van der Waals surface area contributed by atoms with Crippen LogP contribution in [-0.2, 0) is 6.67 Å². The van der Waals surface area contributed by atoms with Gasteiger partial charge in [0.05, 0.1) is 0 Å². The third kappa shape index (κ3) is 2.73. The van der Waals surface area contributed by atoms with Crippen molar-refractivity contribution < 1.29 is 0 Å². The van der Waals surface area contributed by atoms with Crippen LogP contribution in [0.3, 0.4) is 0 Å². The van der Waals surface area contributed by atoms with Crippen LogP contribution in [-0.4, -0.2) is 32.5 Å². The van der Waals surface area contributed by atoms with Crippen LogP contribution >= 0.6 is 0 Å². The summed E-state index contributed by atoms with van der Waals surface area (Å²) in [6.07, 6.45) is 0. The minimum atomic E-state index is 0.423. The van der Waals surface area contributed by atoms with Gasteiger partial charge in [0.2, 0.25) is 0 Å². The van der Waals surface area contributed by atoms with Gasteiger partial charge in [-0.05, 0) is 0 Å². The zero-order valence-electron chi connectivity index (χ0n) is 21.5. The van der Waals surface area contributed by atoms with E-state index >= 15 is 0 Å². The van der Waals surface area contributed by atoms with Gasteiger partial charge < -0.3 is 0 Å². The maximum Gasteiger partial charge on any atom is 0.164 e. The van der Waals surface area contributed by atoms with Gasteiger partial charge >= 0.3 is 0 Å². The molecule has 6 bridgehead atoms. The van der Waals surface area contributed by atoms with Gasteiger partial charge in [-0.3, -0.25) is 9.13 Å². The first-order valence-electron chi connectivity index (χ1n) is 13.5. The Morgan fingerprint density at radius 2 is 0.732 bits per heavy atom. The Balaban J connectivity index is 1.48. The van der Waals surface area contributed by atoms with Gasteiger partial charge in [0.25, 0.3) is 0 Å². The van der Waals surface area contributed by atoms with Crippen LogP contribution < -0.4 is 11.0 Å². The lowest BCUT2D eigenvalue weighted by Crippen LogP contribution is -2.32. The predicted molar refractivity (Wildman–Crippen MR) is 160 cm³/mol. The van der Waals surface area contributed by atoms with Crippen molar-refractivity contribution in [2.24, 2.45) is 30.0 Å². The van der Waals surface area contributed by atoms with E-state index in [1.807, 2.05) is 48.5 Å². The molecule has 4 aliphatic rings. The molecular formula is C33H18N8. The second kappa shape index (κ2) is 7.45. The Morgan fingerprint density at radius 3 is 1.17 bits per heavy atom. The molecule has 4 aliphatic heterocycles. The Labute approximate surface area is 232 Å². The molecular weight excluding hydrogens is 508 g/mol. The molecule has 6 heterocycles. The van der Waals surface area contributed by atoms with E-state index in [0.717, 1.165) is 66.4 Å². The summed E-state index contributed by atoms with van der Waals surface area (Å²) in [5.74, 6) is 4.18. The molecule has 0 unspecified atom stereocenters. The van der Waals surface area contributed by atoms with E-state index in [2.05, 4.69) is 57.7 Å². The van der Waals surface area contributed by atoms with Gasteiger partial charge in [-0.1, -0.05) is 97.1 Å². The van der Waals surface area contributed by atoms with Crippen LogP contribution in [0.5, 0.6) is 0 Å². The van der Waals surface area contributed by atoms with E-state index in [1.165, 1.54) is 0 Å². The molecule has 0 amide bonds. The molecule has 0 N–H and O–H groups in total. The van der Waals surface area contributed by atoms with Crippen LogP contribution in [0, 0.1) is 0 Å². The summed E-state index contributed by atoms with van der Waals surface area (Å²) < 4.78 is 4.31. The normalized spacial score (nSPS) is 19.9. The third-order valence-electron chi connectivity index (χ3n) is 8.21. The molecule has 190 valence electrons. The number of nitrogens with zero attached hydrogens (tertiary/aromatic N) is 8. The monoisotopic (exact) mass is 526 g/mol. The summed E-state index contributed by atoms with van der Waals surface area (Å²) in [7, 11) is 0. The smallest absolute Gasteiger partial charge is 0.164 e. The number of aliphatic imine (C=N–C) groups is 4. The van der Waals surface area contributed by atoms with Crippen LogP contribution in [0.4, 0.5) is 11.6 Å². The van der Waals surface area contributed by atoms with Gasteiger partial charge in [-0.25, -0.2) is 30.0 Å². The maximum absolute atomic E-state index is 5.22. The van der Waals surface area contributed by atoms with Crippen LogP contribution in [0.25, 0.3) is 21.5 Å². The molecule has 0 fully saturated rings. The Hall–Kier alpha value is -5.76. The molecule has 0 saturated carbocycles. The molecule has 10 rings (SSSR count). The molecule has 0 aliphatic carbocycles. The highest BCUT2D eigenvalue weighted by Gasteiger charge is 2.29. The molecule has 0 saturated heterocycles. The van der Waals surface area contributed by atoms with Crippen molar-refractivity contribution in [1.29, 1.82) is 0 Å². The number of aromatic nitrogens is 2. The van der Waals surface area contributed by atoms with E-state index in [9.17, 15) is 0 Å². The van der Waals surface area contributed by atoms with Crippen LogP contribution in [0.15, 0.2) is 127 Å². The second-order valence-electron chi connectivity index (χ2n) is 10.4. The first kappa shape index (κ1) is 21.1. The van der Waals surface area contributed by atoms with Crippen LogP contribution in [0.2, 0.25) is 0 Å². The lowest BCUT2D eigenvalue weighted by atomic mass is 10.1. The number of hydrogen-bond acceptors (Lipinski definition) is 6. The lowest BCUT2D eigenvalue weighted by molar-refractivity contribution is 0.584. The van der Waals surface area contributed by atoms with Crippen molar-refractivity contribution in [3.8, 4) is 0 Å². The van der Waals surface area contributed by atoms with Crippen molar-refractivity contribution in [2.45, 2.75) is 6.67 Å². The van der Waals surface area contributed by atoms with Crippen molar-refractivity contribution in [1.82, 2.24) is 9.13 Å². The van der Waals surface area contributed by atoms with Gasteiger partial charge in [-0.2, -0.15) is 0 Å². The average molecular weight is 527 g/mol. The molecule has 8 heteroatoms. The highest BCUT2D eigenvalue weighted by Crippen LogP contribution is 2.40. The summed E-state index contributed by atoms with van der Waals surface area (Å²) >= 11 is 0. The fraction of sp³-hybridized carbons (Fsp3) is 0.0303. The number of fused-ring (bicyclic) bond motifs is 14. The molecule has 0 atom stereocenters. The summed E-state index contributed by atoms with van der Waals surface area (Å²) in [5.41, 5.74) is 5.45. The highest BCUT2D eigenvalue weighted by atomic mass is 15.3. The van der Waals surface area contributed by atoms with E-state index in [0.29, 0.717) is 30.0 Å². The van der Waals surface area contributed by atoms with Gasteiger partial charge in [0, 0.05) is 43.8 Å². The number of rotatable bonds is 0. The van der Waals surface area contributed by atoms with Crippen molar-refractivity contribution in [3.05, 3.63) is 130 Å². The number of benzene rings is 4. The molecule has 41 heavy (non-hydrogen) atoms. The van der Waals surface area contributed by atoms with Gasteiger partial charge in [0.15, 0.2) is 23.3 Å². The molecule has 0 spiro atoms. The van der Waals surface area contributed by atoms with E-state index < -0.39 is 0 Å². The van der Waals surface area contributed by atoms with Crippen LogP contribution in [0.1, 0.15) is 22.3 Å². The van der Waals surface area contributed by atoms with Gasteiger partial charge in [-0.15, -0.1) is 0 Å². The molecule has 8 nitrogen and oxygen atoms in total. The van der Waals surface area contributed by atoms with E-state index in [1.54, 1.807) is 0 Å². The van der Waals surface area contributed by atoms with E-state index in [-0.39, 0.29) is 0 Å². The Kier molecular flexibility index (Phi) is 3.84. The standard InChI is InChI=1S/C33H18N8/c1-2-10-19-18(9-1)26-34-27(19)37-31-24-15-7-8-16-25(24)33-39-29-21-12-4-3-11-20(21)28(35-29)38-32-23-14-6-5-13-22(23)30(36-26)40(32)17-41(31)33/h1-16H,17H2/b36-26-,36-30?,37-27?,37-31-,38-28-,38-32?,39-29?,39-33-. The second-order valence-corrected chi connectivity index (χ2v) is 10.4. The third-order valence-corrected chi connectivity index (χ3v) is 8.21. The zero-order valence-corrected chi connectivity index (χ0v) is 21.5. The zero-order chi connectivity index (χ0) is 26.7. The summed E-state index contributed by atoms with van der Waals surface area (Å²) in [6.45, 7) is 0.423. The fourth-order valence-corrected chi connectivity index (χ4v) is 6.35. The fourth-order valence-electron chi connectivity index (χ4n) is 6.35. The molecule has 6 aromatic rings. The quantitative estimate of drug-likeness (QED) is 0.266. The Bertz CT molecular complexity index is 2280. The minimum absolute atomic E-state index is 0.423. The van der Waals surface area contributed by atoms with E-state index in [4.69, 9.17) is 30.0 Å². The Morgan fingerprint density at radius 1 is 0.366 bits per heavy atom. The van der Waals surface area contributed by atoms with Crippen molar-refractivity contribution in [3.63, 3.8) is 0 Å². The minimum Gasteiger partial charge on any atom is -0.291 e. The van der Waals surface area contributed by atoms with Gasteiger partial charge in [0.1, 0.15) is 29.3 Å². The number of amidine groups is 4. The molecule has 2 aromatic heterocycles. The highest BCUT2D eigenvalue weighted by molar-refractivity contribution is 6.25. The topological polar surface area (TPSA) is 84.0 Å². The first-order chi connectivity index (χ1) is 20.3. The van der Waals surface area contributed by atoms with Crippen molar-refractivity contribution >= 4 is 56.5 Å². The molecule has 4 aromatic carbocycles. The summed E-state index contributed by atoms with van der Waals surface area (Å²) in [6, 6.07) is 32.9. The SMILES string of the molecule is c1ccc2c(c1)C1=NC/2=N\c2c3ccccc3c3n2Cn2/c(c4ccccc4/c2=N/C2=NC(=N\3)/c3ccccc32)=N\1. The predicted octanol–water partition coefficient (Wildman–Crippen LogP) is 5.05.